The molecule has 19 heavy (non-hydrogen) atoms. The van der Waals surface area contributed by atoms with Crippen molar-refractivity contribution in [2.75, 3.05) is 4.90 Å². The number of halogens is 1. The third kappa shape index (κ3) is 2.33. The average molecular weight is 357 g/mol. The molecule has 0 saturated carbocycles. The highest BCUT2D eigenvalue weighted by Crippen LogP contribution is 2.32. The standard InChI is InChI=1S/C12H9BrN2O2S2/c13-9-5-6-18-11(9)7-15-8-14-19(16,17)12-4-2-1-3-10(12)15/h1-6,8H,7H2. The molecule has 3 rings (SSSR count). The molecule has 1 aromatic heterocycles. The van der Waals surface area contributed by atoms with Crippen molar-refractivity contribution in [3.63, 3.8) is 0 Å². The Hall–Kier alpha value is -1.18. The molecule has 0 aliphatic carbocycles. The second-order valence-electron chi connectivity index (χ2n) is 3.98. The zero-order valence-electron chi connectivity index (χ0n) is 9.65. The second kappa shape index (κ2) is 4.73. The number of fused-ring (bicyclic) bond motifs is 1. The number of rotatable bonds is 2. The van der Waals surface area contributed by atoms with Gasteiger partial charge in [0.1, 0.15) is 11.2 Å². The fourth-order valence-corrected chi connectivity index (χ4v) is 4.40. The van der Waals surface area contributed by atoms with Gasteiger partial charge >= 0.3 is 0 Å². The van der Waals surface area contributed by atoms with Gasteiger partial charge < -0.3 is 4.90 Å². The molecule has 4 nitrogen and oxygen atoms in total. The second-order valence-corrected chi connectivity index (χ2v) is 7.44. The summed E-state index contributed by atoms with van der Waals surface area (Å²) in [5.74, 6) is 0. The van der Waals surface area contributed by atoms with Crippen LogP contribution in [0.5, 0.6) is 0 Å². The molecule has 1 aromatic carbocycles. The number of benzene rings is 1. The van der Waals surface area contributed by atoms with Crippen molar-refractivity contribution in [3.8, 4) is 0 Å². The van der Waals surface area contributed by atoms with Gasteiger partial charge in [0.2, 0.25) is 0 Å². The molecule has 98 valence electrons. The Morgan fingerprint density at radius 3 is 2.79 bits per heavy atom. The van der Waals surface area contributed by atoms with Gasteiger partial charge in [-0.3, -0.25) is 0 Å². The largest absolute Gasteiger partial charge is 0.325 e. The van der Waals surface area contributed by atoms with Crippen LogP contribution < -0.4 is 4.90 Å². The van der Waals surface area contributed by atoms with E-state index in [4.69, 9.17) is 0 Å². The predicted octanol–water partition coefficient (Wildman–Crippen LogP) is 3.25. The summed E-state index contributed by atoms with van der Waals surface area (Å²) in [4.78, 5) is 3.22. The van der Waals surface area contributed by atoms with Gasteiger partial charge in [-0.1, -0.05) is 12.1 Å². The molecule has 0 unspecified atom stereocenters. The number of para-hydroxylation sites is 1. The summed E-state index contributed by atoms with van der Waals surface area (Å²) in [6, 6.07) is 8.88. The van der Waals surface area contributed by atoms with E-state index in [2.05, 4.69) is 20.3 Å². The normalized spacial score (nSPS) is 16.4. The predicted molar refractivity (Wildman–Crippen MR) is 80.3 cm³/mol. The monoisotopic (exact) mass is 356 g/mol. The Balaban J connectivity index is 2.03. The lowest BCUT2D eigenvalue weighted by Gasteiger charge is -2.24. The first-order valence-electron chi connectivity index (χ1n) is 5.46. The number of hydrogen-bond donors (Lipinski definition) is 0. The van der Waals surface area contributed by atoms with Crippen LogP contribution in [0, 0.1) is 0 Å². The maximum absolute atomic E-state index is 11.9. The maximum atomic E-state index is 11.9. The third-order valence-electron chi connectivity index (χ3n) is 2.78. The minimum Gasteiger partial charge on any atom is -0.325 e. The molecule has 0 atom stereocenters. The summed E-state index contributed by atoms with van der Waals surface area (Å²) in [6.45, 7) is 0.592. The van der Waals surface area contributed by atoms with Gasteiger partial charge in [-0.05, 0) is 39.5 Å². The minimum absolute atomic E-state index is 0.255. The van der Waals surface area contributed by atoms with E-state index in [-0.39, 0.29) is 4.90 Å². The molecule has 1 aliphatic rings. The zero-order valence-corrected chi connectivity index (χ0v) is 12.9. The van der Waals surface area contributed by atoms with Gasteiger partial charge in [-0.15, -0.1) is 15.7 Å². The Labute approximate surface area is 123 Å². The summed E-state index contributed by atoms with van der Waals surface area (Å²) in [5, 5.41) is 1.99. The average Bonchev–Trinajstić information content (AvgIpc) is 2.79. The first-order valence-corrected chi connectivity index (χ1v) is 8.57. The summed E-state index contributed by atoms with van der Waals surface area (Å²) >= 11 is 5.09. The molecule has 1 aliphatic heterocycles. The van der Waals surface area contributed by atoms with E-state index >= 15 is 0 Å². The molecule has 2 heterocycles. The third-order valence-corrected chi connectivity index (χ3v) is 5.97. The Kier molecular flexibility index (Phi) is 3.20. The van der Waals surface area contributed by atoms with Crippen molar-refractivity contribution < 1.29 is 8.42 Å². The smallest absolute Gasteiger partial charge is 0.285 e. The lowest BCUT2D eigenvalue weighted by atomic mass is 10.3. The Bertz CT molecular complexity index is 753. The Morgan fingerprint density at radius 1 is 1.26 bits per heavy atom. The summed E-state index contributed by atoms with van der Waals surface area (Å²) in [5.41, 5.74) is 0.665. The molecule has 7 heteroatoms. The highest BCUT2D eigenvalue weighted by molar-refractivity contribution is 9.10. The summed E-state index contributed by atoms with van der Waals surface area (Å²) < 4.78 is 28.4. The molecule has 0 bridgehead atoms. The quantitative estimate of drug-likeness (QED) is 0.829. The van der Waals surface area contributed by atoms with Crippen molar-refractivity contribution in [1.29, 1.82) is 0 Å². The van der Waals surface area contributed by atoms with Crippen LogP contribution in [0.25, 0.3) is 0 Å². The number of thiophene rings is 1. The van der Waals surface area contributed by atoms with Gasteiger partial charge in [0.25, 0.3) is 10.0 Å². The lowest BCUT2D eigenvalue weighted by Crippen LogP contribution is -2.26. The van der Waals surface area contributed by atoms with Crippen LogP contribution in [-0.2, 0) is 16.6 Å². The van der Waals surface area contributed by atoms with Gasteiger partial charge in [0.05, 0.1) is 12.2 Å². The van der Waals surface area contributed by atoms with Crippen molar-refractivity contribution in [2.45, 2.75) is 11.4 Å². The van der Waals surface area contributed by atoms with Crippen LogP contribution in [0.2, 0.25) is 0 Å². The van der Waals surface area contributed by atoms with E-state index in [9.17, 15) is 8.42 Å². The first-order chi connectivity index (χ1) is 9.08. The lowest BCUT2D eigenvalue weighted by molar-refractivity contribution is 0.597. The topological polar surface area (TPSA) is 49.7 Å². The van der Waals surface area contributed by atoms with Crippen molar-refractivity contribution in [1.82, 2.24) is 0 Å². The molecule has 0 spiro atoms. The van der Waals surface area contributed by atoms with E-state index in [1.807, 2.05) is 22.4 Å². The van der Waals surface area contributed by atoms with Gasteiger partial charge in [-0.25, -0.2) is 0 Å². The molecule has 0 N–H and O–H groups in total. The number of hydrogen-bond acceptors (Lipinski definition) is 4. The molecule has 0 radical (unpaired) electrons. The summed E-state index contributed by atoms with van der Waals surface area (Å²) in [6.07, 6.45) is 1.38. The highest BCUT2D eigenvalue weighted by Gasteiger charge is 2.25. The van der Waals surface area contributed by atoms with Crippen molar-refractivity contribution in [2.24, 2.45) is 4.40 Å². The molecule has 0 amide bonds. The van der Waals surface area contributed by atoms with Crippen LogP contribution in [-0.4, -0.2) is 14.8 Å². The van der Waals surface area contributed by atoms with Gasteiger partial charge in [-0.2, -0.15) is 8.42 Å². The molecule has 0 fully saturated rings. The van der Waals surface area contributed by atoms with Crippen molar-refractivity contribution in [3.05, 3.63) is 45.1 Å². The van der Waals surface area contributed by atoms with E-state index in [0.717, 1.165) is 9.35 Å². The molecule has 0 saturated heterocycles. The van der Waals surface area contributed by atoms with Crippen LogP contribution in [0.4, 0.5) is 5.69 Å². The minimum atomic E-state index is -3.54. The van der Waals surface area contributed by atoms with E-state index < -0.39 is 10.0 Å². The van der Waals surface area contributed by atoms with Crippen molar-refractivity contribution >= 4 is 49.3 Å². The number of nitrogens with zero attached hydrogens (tertiary/aromatic N) is 2. The highest BCUT2D eigenvalue weighted by atomic mass is 79.9. The number of anilines is 1. The first kappa shape index (κ1) is 12.8. The van der Waals surface area contributed by atoms with Gasteiger partial charge in [0.15, 0.2) is 0 Å². The summed E-state index contributed by atoms with van der Waals surface area (Å²) in [7, 11) is -3.54. The molecular weight excluding hydrogens is 348 g/mol. The van der Waals surface area contributed by atoms with Crippen LogP contribution in [0.1, 0.15) is 4.88 Å². The van der Waals surface area contributed by atoms with E-state index in [0.29, 0.717) is 12.2 Å². The number of sulfonamides is 1. The Morgan fingerprint density at radius 2 is 2.05 bits per heavy atom. The fraction of sp³-hybridized carbons (Fsp3) is 0.0833. The van der Waals surface area contributed by atoms with Crippen LogP contribution in [0.3, 0.4) is 0 Å². The maximum Gasteiger partial charge on any atom is 0.285 e. The fourth-order valence-electron chi connectivity index (χ4n) is 1.87. The molecule has 2 aromatic rings. The van der Waals surface area contributed by atoms with E-state index in [1.165, 1.54) is 6.34 Å². The van der Waals surface area contributed by atoms with E-state index in [1.54, 1.807) is 29.5 Å². The van der Waals surface area contributed by atoms with Gasteiger partial charge in [0, 0.05) is 9.35 Å². The zero-order chi connectivity index (χ0) is 13.5. The van der Waals surface area contributed by atoms with Crippen LogP contribution in [0.15, 0.2) is 49.5 Å². The SMILES string of the molecule is O=S1(=O)N=CN(Cc2sccc2Br)c2ccccc21. The van der Waals surface area contributed by atoms with Crippen LogP contribution >= 0.6 is 27.3 Å². The molecular formula is C12H9BrN2O2S2.